The lowest BCUT2D eigenvalue weighted by Gasteiger charge is -2.56. The number of carbonyl (C=O) groups is 1. The summed E-state index contributed by atoms with van der Waals surface area (Å²) < 4.78 is 0. The van der Waals surface area contributed by atoms with Crippen molar-refractivity contribution in [3.63, 3.8) is 0 Å². The smallest absolute Gasteiger partial charge is 0.220 e. The highest BCUT2D eigenvalue weighted by Gasteiger charge is 2.51. The minimum Gasteiger partial charge on any atom is -0.354 e. The number of rotatable bonds is 5. The minimum atomic E-state index is 0.299. The first kappa shape index (κ1) is 16.1. The van der Waals surface area contributed by atoms with E-state index in [9.17, 15) is 4.79 Å². The average Bonchev–Trinajstić information content (AvgIpc) is 3.22. The zero-order valence-corrected chi connectivity index (χ0v) is 15.8. The molecule has 1 amide bonds. The summed E-state index contributed by atoms with van der Waals surface area (Å²) in [5.41, 5.74) is 0.351. The van der Waals surface area contributed by atoms with Gasteiger partial charge in [-0.15, -0.1) is 11.3 Å². The van der Waals surface area contributed by atoms with Crippen LogP contribution in [0.3, 0.4) is 0 Å². The highest BCUT2D eigenvalue weighted by atomic mass is 32.1. The molecule has 0 radical (unpaired) electrons. The van der Waals surface area contributed by atoms with E-state index in [1.807, 2.05) is 11.6 Å². The Kier molecular flexibility index (Phi) is 4.03. The predicted octanol–water partition coefficient (Wildman–Crippen LogP) is 3.83. The fraction of sp³-hybridized carbons (Fsp3) is 0.800. The van der Waals surface area contributed by atoms with Crippen molar-refractivity contribution < 1.29 is 4.79 Å². The molecule has 136 valence electrons. The number of aromatic nitrogens is 1. The van der Waals surface area contributed by atoms with E-state index in [4.69, 9.17) is 0 Å². The van der Waals surface area contributed by atoms with Gasteiger partial charge in [0.15, 0.2) is 5.13 Å². The van der Waals surface area contributed by atoms with Gasteiger partial charge in [-0.05, 0) is 74.5 Å². The van der Waals surface area contributed by atoms with Gasteiger partial charge >= 0.3 is 0 Å². The molecule has 4 aliphatic carbocycles. The molecular weight excluding hydrogens is 330 g/mol. The third-order valence-corrected chi connectivity index (χ3v) is 8.09. The molecule has 6 rings (SSSR count). The molecule has 1 unspecified atom stereocenters. The second-order valence-corrected chi connectivity index (χ2v) is 10.1. The van der Waals surface area contributed by atoms with Gasteiger partial charge in [0.1, 0.15) is 0 Å². The molecule has 1 atom stereocenters. The number of anilines is 1. The molecule has 1 saturated heterocycles. The van der Waals surface area contributed by atoms with Crippen molar-refractivity contribution in [2.45, 2.75) is 63.8 Å². The molecule has 1 aliphatic heterocycles. The van der Waals surface area contributed by atoms with E-state index in [0.717, 1.165) is 48.8 Å². The lowest BCUT2D eigenvalue weighted by atomic mass is 9.49. The number of hydrogen-bond donors (Lipinski definition) is 1. The van der Waals surface area contributed by atoms with Crippen LogP contribution in [0.2, 0.25) is 0 Å². The van der Waals surface area contributed by atoms with Gasteiger partial charge in [0.05, 0.1) is 0 Å². The highest BCUT2D eigenvalue weighted by Crippen LogP contribution is 2.61. The van der Waals surface area contributed by atoms with E-state index in [-0.39, 0.29) is 0 Å². The molecule has 1 N–H and O–H groups in total. The summed E-state index contributed by atoms with van der Waals surface area (Å²) in [6, 6.07) is 0.423. The van der Waals surface area contributed by atoms with E-state index in [0.29, 0.717) is 17.4 Å². The molecule has 25 heavy (non-hydrogen) atoms. The molecule has 0 aromatic carbocycles. The molecule has 4 saturated carbocycles. The van der Waals surface area contributed by atoms with Gasteiger partial charge in [0.2, 0.25) is 5.91 Å². The van der Waals surface area contributed by atoms with Crippen LogP contribution < -0.4 is 10.2 Å². The van der Waals surface area contributed by atoms with Crippen molar-refractivity contribution in [2.75, 3.05) is 18.0 Å². The van der Waals surface area contributed by atoms with Crippen molar-refractivity contribution in [1.82, 2.24) is 10.3 Å². The monoisotopic (exact) mass is 359 g/mol. The van der Waals surface area contributed by atoms with Gasteiger partial charge in [0.25, 0.3) is 0 Å². The van der Waals surface area contributed by atoms with Crippen LogP contribution in [0.15, 0.2) is 11.6 Å². The summed E-state index contributed by atoms with van der Waals surface area (Å²) in [7, 11) is 0. The predicted molar refractivity (Wildman–Crippen MR) is 101 cm³/mol. The zero-order chi connectivity index (χ0) is 16.9. The fourth-order valence-corrected chi connectivity index (χ4v) is 7.54. The van der Waals surface area contributed by atoms with Crippen LogP contribution in [0.5, 0.6) is 0 Å². The molecule has 0 spiro atoms. The topological polar surface area (TPSA) is 45.2 Å². The van der Waals surface area contributed by atoms with Gasteiger partial charge in [-0.25, -0.2) is 4.98 Å². The first-order valence-corrected chi connectivity index (χ1v) is 11.0. The highest BCUT2D eigenvalue weighted by molar-refractivity contribution is 7.13. The Morgan fingerprint density at radius 1 is 1.24 bits per heavy atom. The largest absolute Gasteiger partial charge is 0.354 e. The summed E-state index contributed by atoms with van der Waals surface area (Å²) in [5, 5.41) is 6.43. The van der Waals surface area contributed by atoms with E-state index in [1.54, 1.807) is 11.3 Å². The fourth-order valence-electron chi connectivity index (χ4n) is 6.80. The van der Waals surface area contributed by atoms with Gasteiger partial charge < -0.3 is 10.2 Å². The SMILES string of the molecule is O=C(CC12CC3CC(CC(C3)C1)C2)NCC1CCCN1c1nccs1. The molecule has 1 aromatic heterocycles. The van der Waals surface area contributed by atoms with E-state index >= 15 is 0 Å². The Morgan fingerprint density at radius 3 is 2.60 bits per heavy atom. The second kappa shape index (κ2) is 6.26. The summed E-state index contributed by atoms with van der Waals surface area (Å²) in [6.07, 6.45) is 13.3. The Bertz CT molecular complexity index is 594. The molecule has 5 fully saturated rings. The normalized spacial score (nSPS) is 39.1. The molecule has 1 aromatic rings. The summed E-state index contributed by atoms with van der Waals surface area (Å²) in [6.45, 7) is 1.85. The van der Waals surface area contributed by atoms with Crippen molar-refractivity contribution in [3.8, 4) is 0 Å². The number of hydrogen-bond acceptors (Lipinski definition) is 4. The van der Waals surface area contributed by atoms with Crippen molar-refractivity contribution in [3.05, 3.63) is 11.6 Å². The second-order valence-electron chi connectivity index (χ2n) is 9.20. The first-order valence-electron chi connectivity index (χ1n) is 10.1. The lowest BCUT2D eigenvalue weighted by molar-refractivity contribution is -0.129. The molecule has 5 aliphatic rings. The Labute approximate surface area is 154 Å². The summed E-state index contributed by atoms with van der Waals surface area (Å²) >= 11 is 1.70. The van der Waals surface area contributed by atoms with Crippen LogP contribution in [0.1, 0.15) is 57.8 Å². The number of amides is 1. The molecule has 4 nitrogen and oxygen atoms in total. The van der Waals surface area contributed by atoms with Gasteiger partial charge in [-0.3, -0.25) is 4.79 Å². The van der Waals surface area contributed by atoms with Gasteiger partial charge in [0, 0.05) is 37.1 Å². The maximum Gasteiger partial charge on any atom is 0.220 e. The standard InChI is InChI=1S/C20H29N3OS/c24-18(12-20-9-14-6-15(10-20)8-16(7-14)11-20)22-13-17-2-1-4-23(17)19-21-3-5-25-19/h3,5,14-17H,1-2,4,6-13H2,(H,22,24). The molecule has 2 heterocycles. The van der Waals surface area contributed by atoms with Gasteiger partial charge in [-0.1, -0.05) is 0 Å². The minimum absolute atomic E-state index is 0.299. The third kappa shape index (κ3) is 3.09. The van der Waals surface area contributed by atoms with Crippen LogP contribution in [0.4, 0.5) is 5.13 Å². The summed E-state index contributed by atoms with van der Waals surface area (Å²) in [5.74, 6) is 3.07. The van der Waals surface area contributed by atoms with Gasteiger partial charge in [-0.2, -0.15) is 0 Å². The van der Waals surface area contributed by atoms with Crippen LogP contribution in [0, 0.1) is 23.2 Å². The zero-order valence-electron chi connectivity index (χ0n) is 15.0. The van der Waals surface area contributed by atoms with Crippen LogP contribution in [0.25, 0.3) is 0 Å². The Balaban J connectivity index is 1.17. The molecule has 4 bridgehead atoms. The maximum absolute atomic E-state index is 12.7. The van der Waals surface area contributed by atoms with E-state index in [1.165, 1.54) is 44.9 Å². The number of nitrogens with one attached hydrogen (secondary N) is 1. The van der Waals surface area contributed by atoms with E-state index < -0.39 is 0 Å². The number of nitrogens with zero attached hydrogens (tertiary/aromatic N) is 2. The average molecular weight is 360 g/mol. The molecule has 5 heteroatoms. The van der Waals surface area contributed by atoms with Crippen molar-refractivity contribution in [2.24, 2.45) is 23.2 Å². The van der Waals surface area contributed by atoms with E-state index in [2.05, 4.69) is 15.2 Å². The van der Waals surface area contributed by atoms with Crippen LogP contribution in [-0.4, -0.2) is 30.0 Å². The lowest BCUT2D eigenvalue weighted by Crippen LogP contribution is -2.48. The Morgan fingerprint density at radius 2 is 1.96 bits per heavy atom. The van der Waals surface area contributed by atoms with Crippen LogP contribution in [-0.2, 0) is 4.79 Å². The first-order chi connectivity index (χ1) is 12.2. The molecular formula is C20H29N3OS. The van der Waals surface area contributed by atoms with Crippen molar-refractivity contribution in [1.29, 1.82) is 0 Å². The summed E-state index contributed by atoms with van der Waals surface area (Å²) in [4.78, 5) is 19.6. The number of thiazole rings is 1. The van der Waals surface area contributed by atoms with Crippen molar-refractivity contribution >= 4 is 22.4 Å². The number of carbonyl (C=O) groups excluding carboxylic acids is 1. The quantitative estimate of drug-likeness (QED) is 0.869. The Hall–Kier alpha value is -1.10. The maximum atomic E-state index is 12.7. The van der Waals surface area contributed by atoms with Crippen LogP contribution >= 0.6 is 11.3 Å². The third-order valence-electron chi connectivity index (χ3n) is 7.28.